The Morgan fingerprint density at radius 3 is 2.44 bits per heavy atom. The average Bonchev–Trinajstić information content (AvgIpc) is 2.53. The predicted molar refractivity (Wildman–Crippen MR) is 99.0 cm³/mol. The average molecular weight is 338 g/mol. The molecule has 0 radical (unpaired) electrons. The lowest BCUT2D eigenvalue weighted by molar-refractivity contribution is -0.135. The molecule has 0 unspecified atom stereocenters. The van der Waals surface area contributed by atoms with Crippen molar-refractivity contribution in [2.24, 2.45) is 5.92 Å². The lowest BCUT2D eigenvalue weighted by atomic mass is 10.1. The number of amides is 1. The zero-order valence-electron chi connectivity index (χ0n) is 14.7. The molecule has 0 atom stereocenters. The number of aromatic nitrogens is 1. The quantitative estimate of drug-likeness (QED) is 0.634. The van der Waals surface area contributed by atoms with Gasteiger partial charge >= 0.3 is 5.97 Å². The molecule has 1 N–H and O–H groups in total. The van der Waals surface area contributed by atoms with Crippen molar-refractivity contribution in [2.45, 2.75) is 27.2 Å². The van der Waals surface area contributed by atoms with Crippen molar-refractivity contribution in [3.8, 4) is 5.75 Å². The molecule has 0 saturated heterocycles. The van der Waals surface area contributed by atoms with Crippen LogP contribution in [0.2, 0.25) is 0 Å². The van der Waals surface area contributed by atoms with E-state index in [0.29, 0.717) is 18.0 Å². The second kappa shape index (κ2) is 8.78. The summed E-state index contributed by atoms with van der Waals surface area (Å²) in [5.74, 6) is 0.955. The molecule has 0 saturated carbocycles. The third kappa shape index (κ3) is 6.59. The predicted octanol–water partition coefficient (Wildman–Crippen LogP) is 4.16. The molecule has 0 fully saturated rings. The van der Waals surface area contributed by atoms with Crippen LogP contribution >= 0.6 is 0 Å². The van der Waals surface area contributed by atoms with Gasteiger partial charge in [0.1, 0.15) is 11.6 Å². The van der Waals surface area contributed by atoms with Crippen LogP contribution in [-0.2, 0) is 9.59 Å². The number of anilines is 1. The second-order valence-electron chi connectivity index (χ2n) is 6.13. The van der Waals surface area contributed by atoms with Gasteiger partial charge in [-0.2, -0.15) is 0 Å². The summed E-state index contributed by atoms with van der Waals surface area (Å²) in [5.41, 5.74) is 1.90. The number of pyridine rings is 1. The molecule has 0 spiro atoms. The van der Waals surface area contributed by atoms with E-state index in [4.69, 9.17) is 4.74 Å². The summed E-state index contributed by atoms with van der Waals surface area (Å²) < 4.78 is 5.28. The van der Waals surface area contributed by atoms with Crippen molar-refractivity contribution in [3.63, 3.8) is 0 Å². The smallest absolute Gasteiger partial charge is 0.311 e. The SMILES string of the molecule is CC(=O)Nc1cc(/C=C/c2ccc(OC(=O)CC(C)C)cc2)ccn1. The van der Waals surface area contributed by atoms with Crippen LogP contribution in [0.1, 0.15) is 38.3 Å². The van der Waals surface area contributed by atoms with Gasteiger partial charge in [0.2, 0.25) is 5.91 Å². The number of benzene rings is 1. The minimum atomic E-state index is -0.222. The van der Waals surface area contributed by atoms with E-state index in [2.05, 4.69) is 10.3 Å². The molecule has 25 heavy (non-hydrogen) atoms. The molecule has 1 heterocycles. The van der Waals surface area contributed by atoms with Gasteiger partial charge < -0.3 is 10.1 Å². The number of nitrogens with zero attached hydrogens (tertiary/aromatic N) is 1. The summed E-state index contributed by atoms with van der Waals surface area (Å²) in [4.78, 5) is 26.8. The normalized spacial score (nSPS) is 10.9. The number of carbonyl (C=O) groups is 2. The van der Waals surface area contributed by atoms with E-state index in [0.717, 1.165) is 11.1 Å². The maximum atomic E-state index is 11.7. The third-order valence-corrected chi connectivity index (χ3v) is 3.24. The highest BCUT2D eigenvalue weighted by atomic mass is 16.5. The van der Waals surface area contributed by atoms with Gasteiger partial charge in [0.05, 0.1) is 0 Å². The molecule has 5 nitrogen and oxygen atoms in total. The molecular weight excluding hydrogens is 316 g/mol. The Morgan fingerprint density at radius 2 is 1.80 bits per heavy atom. The minimum absolute atomic E-state index is 0.156. The Kier molecular flexibility index (Phi) is 6.46. The highest BCUT2D eigenvalue weighted by Gasteiger charge is 2.07. The molecule has 0 aliphatic rings. The van der Waals surface area contributed by atoms with Gasteiger partial charge in [0.25, 0.3) is 0 Å². The molecule has 5 heteroatoms. The molecule has 1 aromatic heterocycles. The Morgan fingerprint density at radius 1 is 1.12 bits per heavy atom. The molecular formula is C20H22N2O3. The number of rotatable bonds is 6. The summed E-state index contributed by atoms with van der Waals surface area (Å²) >= 11 is 0. The number of ether oxygens (including phenoxy) is 1. The Bertz CT molecular complexity index is 765. The van der Waals surface area contributed by atoms with Crippen LogP contribution in [0.3, 0.4) is 0 Å². The number of esters is 1. The zero-order valence-corrected chi connectivity index (χ0v) is 14.7. The van der Waals surface area contributed by atoms with Crippen molar-refractivity contribution < 1.29 is 14.3 Å². The lowest BCUT2D eigenvalue weighted by Crippen LogP contribution is -2.10. The summed E-state index contributed by atoms with van der Waals surface area (Å²) in [6.07, 6.45) is 5.90. The summed E-state index contributed by atoms with van der Waals surface area (Å²) in [7, 11) is 0. The first-order valence-corrected chi connectivity index (χ1v) is 8.15. The molecule has 0 aliphatic carbocycles. The van der Waals surface area contributed by atoms with E-state index in [-0.39, 0.29) is 17.8 Å². The van der Waals surface area contributed by atoms with E-state index >= 15 is 0 Å². The van der Waals surface area contributed by atoms with Gasteiger partial charge in [0.15, 0.2) is 0 Å². The maximum Gasteiger partial charge on any atom is 0.311 e. The van der Waals surface area contributed by atoms with E-state index in [9.17, 15) is 9.59 Å². The van der Waals surface area contributed by atoms with Crippen LogP contribution in [0, 0.1) is 5.92 Å². The fourth-order valence-electron chi connectivity index (χ4n) is 2.15. The Hall–Kier alpha value is -2.95. The minimum Gasteiger partial charge on any atom is -0.427 e. The van der Waals surface area contributed by atoms with Crippen molar-refractivity contribution in [1.29, 1.82) is 0 Å². The first kappa shape index (κ1) is 18.4. The summed E-state index contributed by atoms with van der Waals surface area (Å²) in [5, 5.41) is 2.65. The Balaban J connectivity index is 2.00. The fraction of sp³-hybridized carbons (Fsp3) is 0.250. The molecule has 0 aliphatic heterocycles. The van der Waals surface area contributed by atoms with E-state index in [1.807, 2.05) is 44.2 Å². The van der Waals surface area contributed by atoms with Crippen LogP contribution in [0.5, 0.6) is 5.75 Å². The van der Waals surface area contributed by atoms with Gasteiger partial charge in [-0.25, -0.2) is 4.98 Å². The summed E-state index contributed by atoms with van der Waals surface area (Å²) in [6, 6.07) is 10.9. The summed E-state index contributed by atoms with van der Waals surface area (Å²) in [6.45, 7) is 5.40. The first-order valence-electron chi connectivity index (χ1n) is 8.15. The van der Waals surface area contributed by atoms with E-state index in [1.165, 1.54) is 6.92 Å². The van der Waals surface area contributed by atoms with Gasteiger partial charge in [-0.3, -0.25) is 9.59 Å². The maximum absolute atomic E-state index is 11.7. The first-order chi connectivity index (χ1) is 11.9. The highest BCUT2D eigenvalue weighted by molar-refractivity contribution is 5.88. The zero-order chi connectivity index (χ0) is 18.2. The van der Waals surface area contributed by atoms with Gasteiger partial charge in [0, 0.05) is 19.5 Å². The molecule has 1 amide bonds. The molecule has 2 aromatic rings. The third-order valence-electron chi connectivity index (χ3n) is 3.24. The number of hydrogen-bond acceptors (Lipinski definition) is 4. The largest absolute Gasteiger partial charge is 0.427 e. The number of carbonyl (C=O) groups excluding carboxylic acids is 2. The second-order valence-corrected chi connectivity index (χ2v) is 6.13. The van der Waals surface area contributed by atoms with Crippen molar-refractivity contribution in [2.75, 3.05) is 5.32 Å². The number of hydrogen-bond donors (Lipinski definition) is 1. The fourth-order valence-corrected chi connectivity index (χ4v) is 2.15. The van der Waals surface area contributed by atoms with Crippen LogP contribution in [0.4, 0.5) is 5.82 Å². The van der Waals surface area contributed by atoms with Crippen molar-refractivity contribution >= 4 is 29.8 Å². The number of nitrogens with one attached hydrogen (secondary N) is 1. The highest BCUT2D eigenvalue weighted by Crippen LogP contribution is 2.16. The van der Waals surface area contributed by atoms with Crippen LogP contribution in [0.25, 0.3) is 12.2 Å². The standard InChI is InChI=1S/C20H22N2O3/c1-14(2)12-20(24)25-18-8-6-16(7-9-18)4-5-17-10-11-21-19(13-17)22-15(3)23/h4-11,13-14H,12H2,1-3H3,(H,21,22,23)/b5-4+. The Labute approximate surface area is 147 Å². The molecule has 130 valence electrons. The topological polar surface area (TPSA) is 68.3 Å². The van der Waals surface area contributed by atoms with Gasteiger partial charge in [-0.15, -0.1) is 0 Å². The molecule has 0 bridgehead atoms. The van der Waals surface area contributed by atoms with Gasteiger partial charge in [-0.1, -0.05) is 38.1 Å². The van der Waals surface area contributed by atoms with Crippen LogP contribution in [-0.4, -0.2) is 16.9 Å². The van der Waals surface area contributed by atoms with Crippen molar-refractivity contribution in [3.05, 3.63) is 53.7 Å². The van der Waals surface area contributed by atoms with Crippen LogP contribution in [0.15, 0.2) is 42.6 Å². The van der Waals surface area contributed by atoms with Crippen LogP contribution < -0.4 is 10.1 Å². The van der Waals surface area contributed by atoms with Crippen molar-refractivity contribution in [1.82, 2.24) is 4.98 Å². The van der Waals surface area contributed by atoms with E-state index < -0.39 is 0 Å². The lowest BCUT2D eigenvalue weighted by Gasteiger charge is -2.06. The van der Waals surface area contributed by atoms with Gasteiger partial charge in [-0.05, 0) is 41.3 Å². The molecule has 2 rings (SSSR count). The van der Waals surface area contributed by atoms with E-state index in [1.54, 1.807) is 24.4 Å². The molecule has 1 aromatic carbocycles. The monoisotopic (exact) mass is 338 g/mol.